The molecule has 5 nitrogen and oxygen atoms in total. The summed E-state index contributed by atoms with van der Waals surface area (Å²) < 4.78 is 47.4. The van der Waals surface area contributed by atoms with Gasteiger partial charge in [-0.05, 0) is 39.8 Å². The fraction of sp³-hybridized carbons (Fsp3) is 0.467. The molecule has 1 amide bonds. The van der Waals surface area contributed by atoms with E-state index in [-0.39, 0.29) is 5.56 Å². The third-order valence-corrected chi connectivity index (χ3v) is 2.72. The van der Waals surface area contributed by atoms with E-state index in [1.807, 2.05) is 0 Å². The molecule has 0 spiro atoms. The number of rotatable bonds is 5. The Bertz CT molecular complexity index is 587. The van der Waals surface area contributed by atoms with Crippen LogP contribution in [0, 0.1) is 5.82 Å². The number of alkyl halides is 2. The molecule has 1 aromatic rings. The van der Waals surface area contributed by atoms with E-state index in [0.29, 0.717) is 12.4 Å². The monoisotopic (exact) mass is 333 g/mol. The Morgan fingerprint density at radius 1 is 1.26 bits per heavy atom. The molecule has 0 heterocycles. The number of aldehydes is 1. The Kier molecular flexibility index (Phi) is 5.63. The van der Waals surface area contributed by atoms with Gasteiger partial charge in [-0.15, -0.1) is 0 Å². The summed E-state index contributed by atoms with van der Waals surface area (Å²) in [4.78, 5) is 23.1. The molecule has 0 saturated carbocycles. The maximum absolute atomic E-state index is 14.1. The molecule has 1 atom stereocenters. The number of carbonyl (C=O) groups is 2. The standard InChI is InChI=1S/C15H18F3NO4/c1-14(2,3)23-13(21)19-15(4,8-20)10-6-5-9(7-11(10)16)22-12(17)18/h5-8,12H,1-4H3,(H,19,21). The Labute approximate surface area is 131 Å². The minimum atomic E-state index is -3.10. The Morgan fingerprint density at radius 3 is 2.30 bits per heavy atom. The van der Waals surface area contributed by atoms with Gasteiger partial charge < -0.3 is 19.6 Å². The van der Waals surface area contributed by atoms with E-state index < -0.39 is 35.4 Å². The van der Waals surface area contributed by atoms with Crippen molar-refractivity contribution in [3.63, 3.8) is 0 Å². The normalized spacial score (nSPS) is 14.1. The third-order valence-electron chi connectivity index (χ3n) is 2.72. The molecule has 1 N–H and O–H groups in total. The van der Waals surface area contributed by atoms with Crippen LogP contribution >= 0.6 is 0 Å². The minimum absolute atomic E-state index is 0.208. The first-order valence-corrected chi connectivity index (χ1v) is 6.69. The van der Waals surface area contributed by atoms with Gasteiger partial charge in [0.15, 0.2) is 0 Å². The minimum Gasteiger partial charge on any atom is -0.444 e. The van der Waals surface area contributed by atoms with Crippen molar-refractivity contribution in [2.75, 3.05) is 0 Å². The van der Waals surface area contributed by atoms with Crippen molar-refractivity contribution in [2.45, 2.75) is 45.4 Å². The lowest BCUT2D eigenvalue weighted by Crippen LogP contribution is -2.47. The zero-order valence-corrected chi connectivity index (χ0v) is 13.2. The van der Waals surface area contributed by atoms with E-state index >= 15 is 0 Å². The number of hydrogen-bond acceptors (Lipinski definition) is 4. The van der Waals surface area contributed by atoms with Crippen LogP contribution in [0.4, 0.5) is 18.0 Å². The van der Waals surface area contributed by atoms with Crippen molar-refractivity contribution >= 4 is 12.4 Å². The molecule has 1 rings (SSSR count). The van der Waals surface area contributed by atoms with E-state index in [2.05, 4.69) is 10.1 Å². The van der Waals surface area contributed by atoms with Gasteiger partial charge in [-0.1, -0.05) is 0 Å². The van der Waals surface area contributed by atoms with Crippen LogP contribution in [0.15, 0.2) is 18.2 Å². The second kappa shape index (κ2) is 6.89. The average molecular weight is 333 g/mol. The molecular weight excluding hydrogens is 315 g/mol. The summed E-state index contributed by atoms with van der Waals surface area (Å²) in [6.45, 7) is 3.04. The fourth-order valence-electron chi connectivity index (χ4n) is 1.77. The number of amides is 1. The van der Waals surface area contributed by atoms with E-state index in [1.165, 1.54) is 6.92 Å². The number of benzene rings is 1. The van der Waals surface area contributed by atoms with Crippen LogP contribution in [0.25, 0.3) is 0 Å². The van der Waals surface area contributed by atoms with Crippen LogP contribution in [0.1, 0.15) is 33.3 Å². The van der Waals surface area contributed by atoms with Crippen molar-refractivity contribution in [2.24, 2.45) is 0 Å². The molecule has 128 valence electrons. The molecule has 0 bridgehead atoms. The highest BCUT2D eigenvalue weighted by Crippen LogP contribution is 2.26. The summed E-state index contributed by atoms with van der Waals surface area (Å²) in [5, 5.41) is 2.26. The predicted octanol–water partition coefficient (Wildman–Crippen LogP) is 3.37. The SMILES string of the molecule is CC(C)(C)OC(=O)NC(C)(C=O)c1ccc(OC(F)F)cc1F. The van der Waals surface area contributed by atoms with Crippen molar-refractivity contribution in [3.8, 4) is 5.75 Å². The number of carbonyl (C=O) groups excluding carboxylic acids is 2. The predicted molar refractivity (Wildman–Crippen MR) is 75.8 cm³/mol. The van der Waals surface area contributed by atoms with Crippen LogP contribution in [0.2, 0.25) is 0 Å². The van der Waals surface area contributed by atoms with E-state index in [4.69, 9.17) is 4.74 Å². The second-order valence-corrected chi connectivity index (χ2v) is 5.97. The zero-order valence-electron chi connectivity index (χ0n) is 13.2. The quantitative estimate of drug-likeness (QED) is 0.839. The number of ether oxygens (including phenoxy) is 2. The van der Waals surface area contributed by atoms with Gasteiger partial charge in [-0.2, -0.15) is 8.78 Å². The van der Waals surface area contributed by atoms with Crippen molar-refractivity contribution in [3.05, 3.63) is 29.6 Å². The first-order chi connectivity index (χ1) is 10.5. The van der Waals surface area contributed by atoms with E-state index in [1.54, 1.807) is 20.8 Å². The average Bonchev–Trinajstić information content (AvgIpc) is 2.35. The summed E-state index contributed by atoms with van der Waals surface area (Å²) in [5.41, 5.74) is -2.74. The maximum Gasteiger partial charge on any atom is 0.408 e. The highest BCUT2D eigenvalue weighted by atomic mass is 19.3. The van der Waals surface area contributed by atoms with Crippen molar-refractivity contribution < 1.29 is 32.2 Å². The van der Waals surface area contributed by atoms with Crippen LogP contribution in [0.3, 0.4) is 0 Å². The first kappa shape index (κ1) is 18.8. The molecule has 0 aliphatic carbocycles. The highest BCUT2D eigenvalue weighted by molar-refractivity contribution is 5.78. The van der Waals surface area contributed by atoms with Gasteiger partial charge in [0, 0.05) is 11.6 Å². The van der Waals surface area contributed by atoms with Gasteiger partial charge in [0.2, 0.25) is 0 Å². The number of hydrogen-bond donors (Lipinski definition) is 1. The number of nitrogens with one attached hydrogen (secondary N) is 1. The second-order valence-electron chi connectivity index (χ2n) is 5.97. The molecule has 0 fully saturated rings. The van der Waals surface area contributed by atoms with E-state index in [9.17, 15) is 22.8 Å². The topological polar surface area (TPSA) is 64.6 Å². The molecule has 23 heavy (non-hydrogen) atoms. The van der Waals surface area contributed by atoms with E-state index in [0.717, 1.165) is 12.1 Å². The van der Waals surface area contributed by atoms with Crippen LogP contribution in [-0.4, -0.2) is 24.6 Å². The molecule has 0 radical (unpaired) electrons. The Balaban J connectivity index is 3.04. The van der Waals surface area contributed by atoms with Crippen LogP contribution < -0.4 is 10.1 Å². The van der Waals surface area contributed by atoms with Crippen LogP contribution in [-0.2, 0) is 15.1 Å². The highest BCUT2D eigenvalue weighted by Gasteiger charge is 2.33. The van der Waals surface area contributed by atoms with Gasteiger partial charge in [0.05, 0.1) is 0 Å². The van der Waals surface area contributed by atoms with Gasteiger partial charge in [-0.3, -0.25) is 0 Å². The van der Waals surface area contributed by atoms with Gasteiger partial charge in [0.1, 0.15) is 29.0 Å². The Morgan fingerprint density at radius 2 is 1.87 bits per heavy atom. The summed E-state index contributed by atoms with van der Waals surface area (Å²) in [6, 6.07) is 2.86. The molecule has 0 aliphatic heterocycles. The maximum atomic E-state index is 14.1. The molecule has 0 saturated heterocycles. The zero-order chi connectivity index (χ0) is 17.8. The lowest BCUT2D eigenvalue weighted by atomic mass is 9.93. The number of halogens is 3. The summed E-state index contributed by atoms with van der Waals surface area (Å²) in [6.07, 6.45) is -0.595. The summed E-state index contributed by atoms with van der Waals surface area (Å²) in [7, 11) is 0. The molecule has 0 aliphatic rings. The number of alkyl carbamates (subject to hydrolysis) is 1. The molecule has 8 heteroatoms. The lowest BCUT2D eigenvalue weighted by Gasteiger charge is -2.28. The third kappa shape index (κ3) is 5.46. The largest absolute Gasteiger partial charge is 0.444 e. The van der Waals surface area contributed by atoms with Crippen LogP contribution in [0.5, 0.6) is 5.75 Å². The van der Waals surface area contributed by atoms with Gasteiger partial charge >= 0.3 is 12.7 Å². The molecule has 0 aromatic heterocycles. The molecule has 1 aromatic carbocycles. The first-order valence-electron chi connectivity index (χ1n) is 6.69. The summed E-state index contributed by atoms with van der Waals surface area (Å²) in [5.74, 6) is -1.37. The lowest BCUT2D eigenvalue weighted by molar-refractivity contribution is -0.113. The smallest absolute Gasteiger partial charge is 0.408 e. The molecule has 1 unspecified atom stereocenters. The molecular formula is C15H18F3NO4. The van der Waals surface area contributed by atoms with Crippen molar-refractivity contribution in [1.82, 2.24) is 5.32 Å². The van der Waals surface area contributed by atoms with Gasteiger partial charge in [0.25, 0.3) is 0 Å². The van der Waals surface area contributed by atoms with Crippen molar-refractivity contribution in [1.29, 1.82) is 0 Å². The fourth-order valence-corrected chi connectivity index (χ4v) is 1.77. The van der Waals surface area contributed by atoms with Gasteiger partial charge in [-0.25, -0.2) is 9.18 Å². The summed E-state index contributed by atoms with van der Waals surface area (Å²) >= 11 is 0. The Hall–Kier alpha value is -2.25.